The topological polar surface area (TPSA) is 37.8 Å². The third-order valence-corrected chi connectivity index (χ3v) is 3.91. The molecule has 0 unspecified atom stereocenters. The van der Waals surface area contributed by atoms with Crippen LogP contribution in [-0.4, -0.2) is 9.36 Å². The molecule has 3 aromatic rings. The summed E-state index contributed by atoms with van der Waals surface area (Å²) in [6, 6.07) is 15.1. The maximum atomic E-state index is 6.11. The van der Waals surface area contributed by atoms with Gasteiger partial charge in [-0.3, -0.25) is 0 Å². The average molecular weight is 322 g/mol. The summed E-state index contributed by atoms with van der Waals surface area (Å²) >= 11 is 13.5. The molecule has 0 saturated carbocycles. The van der Waals surface area contributed by atoms with Crippen molar-refractivity contribution in [3.63, 3.8) is 0 Å². The first-order chi connectivity index (χ1) is 9.74. The lowest BCUT2D eigenvalue weighted by molar-refractivity contribution is 1.32. The fourth-order valence-corrected chi connectivity index (χ4v) is 2.79. The summed E-state index contributed by atoms with van der Waals surface area (Å²) in [5.41, 5.74) is 1.62. The third-order valence-electron chi connectivity index (χ3n) is 2.65. The van der Waals surface area contributed by atoms with Crippen LogP contribution in [0.5, 0.6) is 0 Å². The summed E-state index contributed by atoms with van der Waals surface area (Å²) in [5, 5.41) is 4.86. The zero-order valence-corrected chi connectivity index (χ0v) is 12.5. The minimum atomic E-state index is 0.550. The molecule has 0 bridgehead atoms. The molecule has 0 radical (unpaired) electrons. The highest BCUT2D eigenvalue weighted by Crippen LogP contribution is 2.33. The molecule has 0 fully saturated rings. The van der Waals surface area contributed by atoms with Gasteiger partial charge in [0.05, 0.1) is 15.7 Å². The molecule has 1 aromatic heterocycles. The number of aromatic nitrogens is 2. The van der Waals surface area contributed by atoms with Crippen LogP contribution in [-0.2, 0) is 0 Å². The minimum Gasteiger partial charge on any atom is -0.328 e. The minimum absolute atomic E-state index is 0.550. The second kappa shape index (κ2) is 5.79. The van der Waals surface area contributed by atoms with Crippen molar-refractivity contribution in [1.29, 1.82) is 0 Å². The molecule has 0 spiro atoms. The zero-order chi connectivity index (χ0) is 13.9. The first-order valence-electron chi connectivity index (χ1n) is 5.84. The van der Waals surface area contributed by atoms with Crippen molar-refractivity contribution in [2.45, 2.75) is 0 Å². The van der Waals surface area contributed by atoms with Crippen LogP contribution in [0.15, 0.2) is 48.5 Å². The number of benzene rings is 2. The van der Waals surface area contributed by atoms with E-state index in [1.807, 2.05) is 30.3 Å². The summed E-state index contributed by atoms with van der Waals surface area (Å²) < 4.78 is 4.32. The van der Waals surface area contributed by atoms with Crippen molar-refractivity contribution in [2.24, 2.45) is 0 Å². The first kappa shape index (κ1) is 13.4. The Kier molecular flexibility index (Phi) is 3.87. The highest BCUT2D eigenvalue weighted by molar-refractivity contribution is 7.10. The van der Waals surface area contributed by atoms with Gasteiger partial charge in [0.1, 0.15) is 0 Å². The van der Waals surface area contributed by atoms with Gasteiger partial charge in [-0.05, 0) is 12.1 Å². The number of hydrogen-bond donors (Lipinski definition) is 1. The summed E-state index contributed by atoms with van der Waals surface area (Å²) in [6.45, 7) is 0. The smallest absolute Gasteiger partial charge is 0.207 e. The Morgan fingerprint density at radius 2 is 1.60 bits per heavy atom. The van der Waals surface area contributed by atoms with Gasteiger partial charge in [0.2, 0.25) is 5.13 Å². The number of nitrogens with one attached hydrogen (secondary N) is 1. The van der Waals surface area contributed by atoms with Gasteiger partial charge < -0.3 is 5.32 Å². The molecule has 3 rings (SSSR count). The van der Waals surface area contributed by atoms with Gasteiger partial charge in [-0.25, -0.2) is 0 Å². The van der Waals surface area contributed by atoms with E-state index >= 15 is 0 Å². The molecule has 100 valence electrons. The highest BCUT2D eigenvalue weighted by Gasteiger charge is 2.10. The van der Waals surface area contributed by atoms with Crippen LogP contribution in [0.4, 0.5) is 10.8 Å². The third kappa shape index (κ3) is 2.77. The molecule has 6 heteroatoms. The van der Waals surface area contributed by atoms with Crippen LogP contribution in [0.2, 0.25) is 10.0 Å². The molecule has 1 N–H and O–H groups in total. The summed E-state index contributed by atoms with van der Waals surface area (Å²) in [6.07, 6.45) is 0. The van der Waals surface area contributed by atoms with E-state index in [0.29, 0.717) is 26.7 Å². The van der Waals surface area contributed by atoms with E-state index in [1.54, 1.807) is 18.2 Å². The van der Waals surface area contributed by atoms with Crippen molar-refractivity contribution in [3.8, 4) is 11.4 Å². The average Bonchev–Trinajstić information content (AvgIpc) is 2.93. The lowest BCUT2D eigenvalue weighted by Crippen LogP contribution is -1.91. The summed E-state index contributed by atoms with van der Waals surface area (Å²) in [5.74, 6) is 0.682. The second-order valence-corrected chi connectivity index (χ2v) is 5.58. The number of halogens is 2. The number of anilines is 2. The van der Waals surface area contributed by atoms with Gasteiger partial charge in [0.25, 0.3) is 0 Å². The molecule has 2 aromatic carbocycles. The predicted molar refractivity (Wildman–Crippen MR) is 85.1 cm³/mol. The fourth-order valence-electron chi connectivity index (χ4n) is 1.70. The van der Waals surface area contributed by atoms with Crippen LogP contribution in [0, 0.1) is 0 Å². The van der Waals surface area contributed by atoms with E-state index in [-0.39, 0.29) is 0 Å². The van der Waals surface area contributed by atoms with Gasteiger partial charge in [-0.15, -0.1) is 0 Å². The maximum absolute atomic E-state index is 6.11. The molecule has 1 heterocycles. The van der Waals surface area contributed by atoms with E-state index in [1.165, 1.54) is 11.5 Å². The van der Waals surface area contributed by atoms with E-state index in [0.717, 1.165) is 5.56 Å². The molecule has 0 saturated heterocycles. The number of para-hydroxylation sites is 1. The predicted octanol–water partition coefficient (Wildman–Crippen LogP) is 5.26. The Bertz CT molecular complexity index is 708. The summed E-state index contributed by atoms with van der Waals surface area (Å²) in [7, 11) is 0. The molecule has 3 nitrogen and oxygen atoms in total. The van der Waals surface area contributed by atoms with Gasteiger partial charge >= 0.3 is 0 Å². The fraction of sp³-hybridized carbons (Fsp3) is 0. The normalized spacial score (nSPS) is 10.5. The lowest BCUT2D eigenvalue weighted by atomic mass is 10.2. The van der Waals surface area contributed by atoms with Crippen LogP contribution >= 0.6 is 34.7 Å². The monoisotopic (exact) mass is 321 g/mol. The zero-order valence-electron chi connectivity index (χ0n) is 10.2. The Morgan fingerprint density at radius 1 is 0.900 bits per heavy atom. The Balaban J connectivity index is 1.88. The van der Waals surface area contributed by atoms with Crippen molar-refractivity contribution in [2.75, 3.05) is 5.32 Å². The van der Waals surface area contributed by atoms with Crippen LogP contribution in [0.1, 0.15) is 0 Å². The van der Waals surface area contributed by atoms with E-state index < -0.39 is 0 Å². The quantitative estimate of drug-likeness (QED) is 0.715. The molecule has 20 heavy (non-hydrogen) atoms. The number of rotatable bonds is 3. The molecule has 0 atom stereocenters. The first-order valence-corrected chi connectivity index (χ1v) is 7.37. The van der Waals surface area contributed by atoms with E-state index in [4.69, 9.17) is 23.2 Å². The Morgan fingerprint density at radius 3 is 2.30 bits per heavy atom. The van der Waals surface area contributed by atoms with Crippen molar-refractivity contribution < 1.29 is 0 Å². The van der Waals surface area contributed by atoms with Crippen LogP contribution in [0.25, 0.3) is 11.4 Å². The summed E-state index contributed by atoms with van der Waals surface area (Å²) in [4.78, 5) is 4.44. The van der Waals surface area contributed by atoms with Crippen molar-refractivity contribution in [1.82, 2.24) is 9.36 Å². The largest absolute Gasteiger partial charge is 0.328 e. The van der Waals surface area contributed by atoms with Crippen LogP contribution < -0.4 is 5.32 Å². The number of hydrogen-bond acceptors (Lipinski definition) is 4. The van der Waals surface area contributed by atoms with Crippen molar-refractivity contribution >= 4 is 45.6 Å². The molecule has 0 aliphatic carbocycles. The Hall–Kier alpha value is -1.62. The molecular weight excluding hydrogens is 313 g/mol. The molecule has 0 amide bonds. The van der Waals surface area contributed by atoms with Crippen LogP contribution in [0.3, 0.4) is 0 Å². The maximum Gasteiger partial charge on any atom is 0.207 e. The molecule has 0 aliphatic rings. The SMILES string of the molecule is Clc1cccc(Cl)c1Nc1nc(-c2ccccc2)ns1. The second-order valence-electron chi connectivity index (χ2n) is 4.01. The lowest BCUT2D eigenvalue weighted by Gasteiger charge is -2.06. The van der Waals surface area contributed by atoms with E-state index in [2.05, 4.69) is 14.7 Å². The number of nitrogens with zero attached hydrogens (tertiary/aromatic N) is 2. The van der Waals surface area contributed by atoms with Gasteiger partial charge in [0.15, 0.2) is 5.82 Å². The molecule has 0 aliphatic heterocycles. The van der Waals surface area contributed by atoms with E-state index in [9.17, 15) is 0 Å². The standard InChI is InChI=1S/C14H9Cl2N3S/c15-10-7-4-8-11(16)12(10)17-14-18-13(19-20-14)9-5-2-1-3-6-9/h1-8H,(H,17,18,19). The molecular formula is C14H9Cl2N3S. The van der Waals surface area contributed by atoms with Gasteiger partial charge in [0, 0.05) is 17.1 Å². The highest BCUT2D eigenvalue weighted by atomic mass is 35.5. The van der Waals surface area contributed by atoms with Gasteiger partial charge in [-0.2, -0.15) is 9.36 Å². The van der Waals surface area contributed by atoms with Gasteiger partial charge in [-0.1, -0.05) is 59.6 Å². The Labute approximate surface area is 130 Å². The van der Waals surface area contributed by atoms with Crippen molar-refractivity contribution in [3.05, 3.63) is 58.6 Å².